The van der Waals surface area contributed by atoms with E-state index in [1.807, 2.05) is 18.2 Å². The van der Waals surface area contributed by atoms with E-state index in [1.54, 1.807) is 57.3 Å². The molecule has 2 unspecified atom stereocenters. The van der Waals surface area contributed by atoms with Crippen LogP contribution in [-0.4, -0.2) is 43.0 Å². The Hall–Kier alpha value is -4.88. The first-order chi connectivity index (χ1) is 18.2. The monoisotopic (exact) mass is 511 g/mol. The van der Waals surface area contributed by atoms with Gasteiger partial charge in [0, 0.05) is 19.2 Å². The lowest BCUT2D eigenvalue weighted by molar-refractivity contribution is 0.0939. The van der Waals surface area contributed by atoms with Gasteiger partial charge in [0.15, 0.2) is 5.82 Å². The van der Waals surface area contributed by atoms with Gasteiger partial charge < -0.3 is 21.5 Å². The van der Waals surface area contributed by atoms with Gasteiger partial charge in [0.05, 0.1) is 22.6 Å². The van der Waals surface area contributed by atoms with Crippen LogP contribution in [-0.2, 0) is 7.05 Å². The van der Waals surface area contributed by atoms with Crippen LogP contribution in [0, 0.1) is 11.8 Å². The van der Waals surface area contributed by atoms with Crippen LogP contribution >= 0.6 is 0 Å². The van der Waals surface area contributed by atoms with Gasteiger partial charge >= 0.3 is 0 Å². The second-order valence-electron chi connectivity index (χ2n) is 8.69. The third-order valence-electron chi connectivity index (χ3n) is 5.80. The molecule has 0 aliphatic carbocycles. The highest BCUT2D eigenvalue weighted by molar-refractivity contribution is 6.03. The van der Waals surface area contributed by atoms with E-state index in [4.69, 9.17) is 10.7 Å². The van der Waals surface area contributed by atoms with E-state index in [0.717, 1.165) is 0 Å². The molecule has 0 bridgehead atoms. The third kappa shape index (κ3) is 5.14. The summed E-state index contributed by atoms with van der Waals surface area (Å²) in [5, 5.41) is 20.1. The molecule has 4 rings (SSSR count). The summed E-state index contributed by atoms with van der Waals surface area (Å²) in [4.78, 5) is 32.1. The van der Waals surface area contributed by atoms with Crippen molar-refractivity contribution in [3.63, 3.8) is 0 Å². The van der Waals surface area contributed by atoms with Crippen molar-refractivity contribution >= 4 is 28.4 Å². The van der Waals surface area contributed by atoms with E-state index in [0.29, 0.717) is 40.3 Å². The van der Waals surface area contributed by atoms with Gasteiger partial charge in [0.2, 0.25) is 0 Å². The topological polar surface area (TPSA) is 140 Å². The molecule has 194 valence electrons. The number of benzene rings is 2. The van der Waals surface area contributed by atoms with Crippen molar-refractivity contribution in [2.75, 3.05) is 17.6 Å². The summed E-state index contributed by atoms with van der Waals surface area (Å²) in [5.74, 6) is 5.93. The largest absolute Gasteiger partial charge is 0.381 e. The molecule has 2 atom stereocenters. The summed E-state index contributed by atoms with van der Waals surface area (Å²) in [7, 11) is 1.68. The Morgan fingerprint density at radius 2 is 1.95 bits per heavy atom. The van der Waals surface area contributed by atoms with Crippen LogP contribution in [0.1, 0.15) is 41.6 Å². The number of para-hydroxylation sites is 1. The number of hydrogen-bond donors (Lipinski definition) is 4. The lowest BCUT2D eigenvalue weighted by atomic mass is 10.1. The maximum Gasteiger partial charge on any atom is 0.267 e. The van der Waals surface area contributed by atoms with Crippen molar-refractivity contribution in [2.24, 2.45) is 7.05 Å². The highest BCUT2D eigenvalue weighted by Gasteiger charge is 2.25. The van der Waals surface area contributed by atoms with Gasteiger partial charge in [-0.2, -0.15) is 5.10 Å². The van der Waals surface area contributed by atoms with Crippen LogP contribution in [0.3, 0.4) is 0 Å². The lowest BCUT2D eigenvalue weighted by Gasteiger charge is -2.20. The minimum Gasteiger partial charge on any atom is -0.381 e. The quantitative estimate of drug-likeness (QED) is 0.221. The molecule has 4 aromatic rings. The number of fused-ring (bicyclic) bond motifs is 1. The van der Waals surface area contributed by atoms with Crippen LogP contribution < -0.4 is 21.9 Å². The number of aromatic nitrogens is 4. The first-order valence-corrected chi connectivity index (χ1v) is 12.0. The number of carbonyl (C=O) groups excluding carboxylic acids is 1. The van der Waals surface area contributed by atoms with Crippen LogP contribution in [0.2, 0.25) is 0 Å². The van der Waals surface area contributed by atoms with Crippen LogP contribution in [0.4, 0.5) is 11.6 Å². The molecule has 0 fully saturated rings. The molecule has 5 N–H and O–H groups in total. The molecular weight excluding hydrogens is 482 g/mol. The third-order valence-corrected chi connectivity index (χ3v) is 5.80. The molecule has 0 saturated heterocycles. The highest BCUT2D eigenvalue weighted by Crippen LogP contribution is 2.24. The Morgan fingerprint density at radius 3 is 2.63 bits per heavy atom. The SMILES string of the molecule is C=CCNc1c(C(=O)NC(C)c2nc3cccc(C#CC(C)O)c3c(=O)n2-c2ccccc2)c(N)nn1C. The molecule has 2 aromatic carbocycles. The van der Waals surface area contributed by atoms with Gasteiger partial charge in [-0.25, -0.2) is 4.98 Å². The number of nitrogens with two attached hydrogens (primary N) is 1. The number of nitrogens with one attached hydrogen (secondary N) is 2. The fraction of sp³-hybridized carbons (Fsp3) is 0.214. The Kier molecular flexibility index (Phi) is 7.60. The molecule has 0 aliphatic rings. The molecular formula is C28H29N7O3. The zero-order valence-electron chi connectivity index (χ0n) is 21.4. The number of aliphatic hydroxyl groups is 1. The number of aliphatic hydroxyl groups excluding tert-OH is 1. The molecule has 1 amide bonds. The average Bonchev–Trinajstić information content (AvgIpc) is 3.18. The second kappa shape index (κ2) is 11.0. The van der Waals surface area contributed by atoms with Crippen molar-refractivity contribution < 1.29 is 9.90 Å². The molecule has 0 spiro atoms. The van der Waals surface area contributed by atoms with Gasteiger partial charge in [-0.15, -0.1) is 6.58 Å². The van der Waals surface area contributed by atoms with Gasteiger partial charge in [0.25, 0.3) is 11.5 Å². The molecule has 0 aliphatic heterocycles. The van der Waals surface area contributed by atoms with Gasteiger partial charge in [0.1, 0.15) is 23.3 Å². The maximum atomic E-state index is 13.9. The molecule has 0 radical (unpaired) electrons. The van der Waals surface area contributed by atoms with Gasteiger partial charge in [-0.05, 0) is 38.1 Å². The summed E-state index contributed by atoms with van der Waals surface area (Å²) in [5.41, 5.74) is 7.35. The number of anilines is 2. The number of nitrogens with zero attached hydrogens (tertiary/aromatic N) is 4. The molecule has 0 saturated carbocycles. The zero-order chi connectivity index (χ0) is 27.4. The predicted molar refractivity (Wildman–Crippen MR) is 148 cm³/mol. The average molecular weight is 512 g/mol. The fourth-order valence-electron chi connectivity index (χ4n) is 4.12. The summed E-state index contributed by atoms with van der Waals surface area (Å²) < 4.78 is 2.95. The zero-order valence-corrected chi connectivity index (χ0v) is 21.4. The molecule has 10 heteroatoms. The number of hydrogen-bond acceptors (Lipinski definition) is 7. The van der Waals surface area contributed by atoms with E-state index in [2.05, 4.69) is 34.2 Å². The van der Waals surface area contributed by atoms with E-state index >= 15 is 0 Å². The van der Waals surface area contributed by atoms with Crippen LogP contribution in [0.25, 0.3) is 16.6 Å². The number of aryl methyl sites for hydroxylation is 1. The number of nitrogen functional groups attached to an aromatic ring is 1. The Labute approximate surface area is 219 Å². The summed E-state index contributed by atoms with van der Waals surface area (Å²) in [6.45, 7) is 7.39. The Morgan fingerprint density at radius 1 is 1.21 bits per heavy atom. The normalized spacial score (nSPS) is 12.3. The highest BCUT2D eigenvalue weighted by atomic mass is 16.3. The Balaban J connectivity index is 1.85. The smallest absolute Gasteiger partial charge is 0.267 e. The first kappa shape index (κ1) is 26.2. The maximum absolute atomic E-state index is 13.9. The van der Waals surface area contributed by atoms with Crippen molar-refractivity contribution in [1.29, 1.82) is 0 Å². The van der Waals surface area contributed by atoms with Crippen molar-refractivity contribution in [3.05, 3.63) is 88.5 Å². The van der Waals surface area contributed by atoms with Gasteiger partial charge in [-0.1, -0.05) is 42.2 Å². The predicted octanol–water partition coefficient (Wildman–Crippen LogP) is 2.52. The minimum absolute atomic E-state index is 0.0667. The second-order valence-corrected chi connectivity index (χ2v) is 8.69. The lowest BCUT2D eigenvalue weighted by Crippen LogP contribution is -2.34. The van der Waals surface area contributed by atoms with Crippen molar-refractivity contribution in [1.82, 2.24) is 24.6 Å². The standard InChI is InChI=1S/C28H29N7O3/c1-5-16-30-26-23(24(29)33-34(26)4)27(37)31-18(3)25-32-21-13-9-10-19(15-14-17(2)36)22(21)28(38)35(25)20-11-7-6-8-12-20/h5-13,17-18,30,36H,1,16H2,2-4H3,(H2,29,33)(H,31,37). The van der Waals surface area contributed by atoms with E-state index in [1.165, 1.54) is 9.25 Å². The summed E-state index contributed by atoms with van der Waals surface area (Å²) in [6, 6.07) is 13.5. The summed E-state index contributed by atoms with van der Waals surface area (Å²) >= 11 is 0. The molecule has 38 heavy (non-hydrogen) atoms. The van der Waals surface area contributed by atoms with E-state index < -0.39 is 18.1 Å². The molecule has 10 nitrogen and oxygen atoms in total. The fourth-order valence-corrected chi connectivity index (χ4v) is 4.12. The van der Waals surface area contributed by atoms with E-state index in [-0.39, 0.29) is 16.9 Å². The number of amides is 1. The van der Waals surface area contributed by atoms with Crippen molar-refractivity contribution in [3.8, 4) is 17.5 Å². The first-order valence-electron chi connectivity index (χ1n) is 12.0. The van der Waals surface area contributed by atoms with Gasteiger partial charge in [-0.3, -0.25) is 18.8 Å². The summed E-state index contributed by atoms with van der Waals surface area (Å²) in [6.07, 6.45) is 0.806. The molecule has 2 aromatic heterocycles. The van der Waals surface area contributed by atoms with Crippen LogP contribution in [0.15, 0.2) is 66.0 Å². The van der Waals surface area contributed by atoms with Crippen molar-refractivity contribution in [2.45, 2.75) is 26.0 Å². The molecule has 2 heterocycles. The van der Waals surface area contributed by atoms with Crippen LogP contribution in [0.5, 0.6) is 0 Å². The number of rotatable bonds is 7. The number of carbonyl (C=O) groups is 1. The Bertz CT molecular complexity index is 1630. The minimum atomic E-state index is -0.852. The van der Waals surface area contributed by atoms with E-state index in [9.17, 15) is 14.7 Å².